The van der Waals surface area contributed by atoms with Crippen LogP contribution in [0, 0.1) is 0 Å². The molecule has 0 aliphatic heterocycles. The third-order valence-corrected chi connectivity index (χ3v) is 17.6. The van der Waals surface area contributed by atoms with Gasteiger partial charge in [-0.05, 0) is 171 Å². The van der Waals surface area contributed by atoms with E-state index in [-0.39, 0.29) is 27.1 Å². The first kappa shape index (κ1) is 43.8. The zero-order valence-corrected chi connectivity index (χ0v) is 43.3. The SMILES string of the molecule is CC(C)(C)c1c(-c2ccc3c(c2)C(C)(C)c2ccccc2-3)cc(N(c2ccc3c(c2)C(C)(C)c2ccccc2-3)c2ccc3c(c2)C(C)(C)c2ccccc2-3)cc1-c1ccc2c(c1)C(C)(C)c1ccccc1-2. The Kier molecular flexibility index (Phi) is 9.05. The summed E-state index contributed by atoms with van der Waals surface area (Å²) in [6, 6.07) is 70.4. The van der Waals surface area contributed by atoms with E-state index in [1.807, 2.05) is 0 Å². The van der Waals surface area contributed by atoms with Crippen LogP contribution in [-0.2, 0) is 27.1 Å². The zero-order chi connectivity index (χ0) is 49.1. The van der Waals surface area contributed by atoms with Gasteiger partial charge >= 0.3 is 0 Å². The van der Waals surface area contributed by atoms with E-state index in [9.17, 15) is 0 Å². The van der Waals surface area contributed by atoms with E-state index >= 15 is 0 Å². The molecule has 9 aromatic carbocycles. The van der Waals surface area contributed by atoms with Crippen molar-refractivity contribution in [3.05, 3.63) is 232 Å². The maximum Gasteiger partial charge on any atom is 0.0474 e. The lowest BCUT2D eigenvalue weighted by molar-refractivity contribution is 0.593. The Bertz CT molecular complexity index is 3510. The topological polar surface area (TPSA) is 3.24 Å². The van der Waals surface area contributed by atoms with Crippen LogP contribution in [0.3, 0.4) is 0 Å². The van der Waals surface area contributed by atoms with E-state index in [2.05, 4.69) is 263 Å². The van der Waals surface area contributed by atoms with Gasteiger partial charge in [-0.15, -0.1) is 0 Å². The second-order valence-electron chi connectivity index (χ2n) is 24.2. The fraction of sp³-hybridized carbons (Fsp3) is 0.229. The highest BCUT2D eigenvalue weighted by Gasteiger charge is 2.41. The van der Waals surface area contributed by atoms with Crippen LogP contribution in [0.25, 0.3) is 66.8 Å². The summed E-state index contributed by atoms with van der Waals surface area (Å²) in [4.78, 5) is 2.58. The lowest BCUT2D eigenvalue weighted by atomic mass is 9.75. The number of benzene rings is 9. The molecule has 4 aliphatic rings. The van der Waals surface area contributed by atoms with E-state index in [4.69, 9.17) is 0 Å². The molecule has 13 rings (SSSR count). The predicted molar refractivity (Wildman–Crippen MR) is 301 cm³/mol. The quantitative estimate of drug-likeness (QED) is 0.166. The Morgan fingerprint density at radius 1 is 0.268 bits per heavy atom. The summed E-state index contributed by atoms with van der Waals surface area (Å²) >= 11 is 0. The molecule has 0 heterocycles. The van der Waals surface area contributed by atoms with Gasteiger partial charge in [-0.3, -0.25) is 0 Å². The Morgan fingerprint density at radius 2 is 0.549 bits per heavy atom. The van der Waals surface area contributed by atoms with Crippen molar-refractivity contribution >= 4 is 17.1 Å². The molecule has 4 aliphatic carbocycles. The Balaban J connectivity index is 1.10. The highest BCUT2D eigenvalue weighted by molar-refractivity contribution is 5.94. The summed E-state index contributed by atoms with van der Waals surface area (Å²) in [5, 5.41) is 0. The van der Waals surface area contributed by atoms with Crippen molar-refractivity contribution in [2.45, 2.75) is 103 Å². The molecule has 0 spiro atoms. The monoisotopic (exact) mass is 917 g/mol. The van der Waals surface area contributed by atoms with Gasteiger partial charge < -0.3 is 4.90 Å². The molecule has 0 radical (unpaired) electrons. The molecular formula is C70H63N. The molecule has 0 bridgehead atoms. The summed E-state index contributed by atoms with van der Waals surface area (Å²) < 4.78 is 0. The average Bonchev–Trinajstić information content (AvgIpc) is 3.93. The zero-order valence-electron chi connectivity index (χ0n) is 43.3. The molecule has 348 valence electrons. The number of rotatable bonds is 5. The number of hydrogen-bond acceptors (Lipinski definition) is 1. The lowest BCUT2D eigenvalue weighted by Gasteiger charge is -2.33. The fourth-order valence-electron chi connectivity index (χ4n) is 13.9. The normalized spacial score (nSPS) is 16.3. The van der Waals surface area contributed by atoms with Gasteiger partial charge in [0.1, 0.15) is 0 Å². The fourth-order valence-corrected chi connectivity index (χ4v) is 13.9. The van der Waals surface area contributed by atoms with E-state index in [0.717, 1.165) is 17.1 Å². The van der Waals surface area contributed by atoms with Crippen molar-refractivity contribution in [3.63, 3.8) is 0 Å². The van der Waals surface area contributed by atoms with Crippen molar-refractivity contribution in [1.29, 1.82) is 0 Å². The van der Waals surface area contributed by atoms with Crippen LogP contribution >= 0.6 is 0 Å². The molecule has 0 fully saturated rings. The second-order valence-corrected chi connectivity index (χ2v) is 24.2. The second kappa shape index (κ2) is 14.7. The van der Waals surface area contributed by atoms with E-state index in [1.54, 1.807) is 0 Å². The molecule has 0 atom stereocenters. The van der Waals surface area contributed by atoms with Gasteiger partial charge in [-0.2, -0.15) is 0 Å². The average molecular weight is 918 g/mol. The summed E-state index contributed by atoms with van der Waals surface area (Å²) in [6.07, 6.45) is 0. The first-order valence-electron chi connectivity index (χ1n) is 25.8. The Labute approximate surface area is 421 Å². The summed E-state index contributed by atoms with van der Waals surface area (Å²) in [5.41, 5.74) is 30.8. The third kappa shape index (κ3) is 6.11. The highest BCUT2D eigenvalue weighted by atomic mass is 15.1. The molecule has 0 saturated heterocycles. The van der Waals surface area contributed by atoms with E-state index < -0.39 is 0 Å². The minimum Gasteiger partial charge on any atom is -0.310 e. The minimum atomic E-state index is -0.213. The van der Waals surface area contributed by atoms with Crippen LogP contribution in [0.15, 0.2) is 182 Å². The molecule has 1 nitrogen and oxygen atoms in total. The number of anilines is 3. The number of hydrogen-bond donors (Lipinski definition) is 0. The molecule has 0 N–H and O–H groups in total. The standard InChI is InChI=1S/C70H63N/c1-66(2,3)65-55(42-28-32-51-47-20-12-16-24-57(47)67(4,5)61(51)36-42)38-46(39-56(65)43-29-33-52-48-21-13-17-25-58(48)68(6,7)62(52)37-43)71(44-30-34-53-49-22-14-18-26-59(49)69(8,9)63(53)40-44)45-31-35-54-50-23-15-19-27-60(50)70(10,11)64(54)41-45/h12-41H,1-11H3. The van der Waals surface area contributed by atoms with Crippen LogP contribution < -0.4 is 4.90 Å². The Hall–Kier alpha value is -7.22. The van der Waals surface area contributed by atoms with Gasteiger partial charge in [-0.25, -0.2) is 0 Å². The van der Waals surface area contributed by atoms with Gasteiger partial charge in [0.2, 0.25) is 0 Å². The van der Waals surface area contributed by atoms with Gasteiger partial charge in [-0.1, -0.05) is 210 Å². The lowest BCUT2D eigenvalue weighted by Crippen LogP contribution is -2.19. The maximum atomic E-state index is 2.58. The van der Waals surface area contributed by atoms with E-state index in [0.29, 0.717) is 0 Å². The van der Waals surface area contributed by atoms with Crippen molar-refractivity contribution in [3.8, 4) is 66.8 Å². The maximum absolute atomic E-state index is 2.58. The number of nitrogens with zero attached hydrogens (tertiary/aromatic N) is 1. The molecule has 9 aromatic rings. The summed E-state index contributed by atoms with van der Waals surface area (Å²) in [7, 11) is 0. The van der Waals surface area contributed by atoms with Gasteiger partial charge in [0, 0.05) is 38.7 Å². The number of fused-ring (bicyclic) bond motifs is 12. The molecule has 0 amide bonds. The smallest absolute Gasteiger partial charge is 0.0474 e. The largest absolute Gasteiger partial charge is 0.310 e. The molecule has 0 unspecified atom stereocenters. The van der Waals surface area contributed by atoms with Crippen molar-refractivity contribution in [2.24, 2.45) is 0 Å². The first-order valence-corrected chi connectivity index (χ1v) is 25.8. The molecule has 71 heavy (non-hydrogen) atoms. The first-order chi connectivity index (χ1) is 33.9. The molecule has 1 heteroatoms. The highest BCUT2D eigenvalue weighted by Crippen LogP contribution is 2.57. The van der Waals surface area contributed by atoms with Crippen molar-refractivity contribution < 1.29 is 0 Å². The van der Waals surface area contributed by atoms with Crippen LogP contribution in [0.2, 0.25) is 0 Å². The van der Waals surface area contributed by atoms with Crippen LogP contribution in [0.5, 0.6) is 0 Å². The van der Waals surface area contributed by atoms with Crippen molar-refractivity contribution in [1.82, 2.24) is 0 Å². The van der Waals surface area contributed by atoms with Gasteiger partial charge in [0.05, 0.1) is 0 Å². The van der Waals surface area contributed by atoms with E-state index in [1.165, 1.54) is 117 Å². The minimum absolute atomic E-state index is 0.138. The van der Waals surface area contributed by atoms with Crippen LogP contribution in [0.4, 0.5) is 17.1 Å². The van der Waals surface area contributed by atoms with Crippen LogP contribution in [-0.4, -0.2) is 0 Å². The molecule has 0 saturated carbocycles. The molecular weight excluding hydrogens is 855 g/mol. The van der Waals surface area contributed by atoms with Gasteiger partial charge in [0.25, 0.3) is 0 Å². The van der Waals surface area contributed by atoms with Crippen LogP contribution in [0.1, 0.15) is 126 Å². The third-order valence-electron chi connectivity index (χ3n) is 17.6. The summed E-state index contributed by atoms with van der Waals surface area (Å²) in [5.74, 6) is 0. The van der Waals surface area contributed by atoms with Crippen molar-refractivity contribution in [2.75, 3.05) is 4.90 Å². The molecule has 0 aromatic heterocycles. The predicted octanol–water partition coefficient (Wildman–Crippen LogP) is 19.0. The van der Waals surface area contributed by atoms with Gasteiger partial charge in [0.15, 0.2) is 0 Å². The Morgan fingerprint density at radius 3 is 0.873 bits per heavy atom. The summed E-state index contributed by atoms with van der Waals surface area (Å²) in [6.45, 7) is 26.4.